The zero-order valence-electron chi connectivity index (χ0n) is 13.3. The lowest BCUT2D eigenvalue weighted by Crippen LogP contribution is -2.11. The summed E-state index contributed by atoms with van der Waals surface area (Å²) in [6, 6.07) is 5.59. The highest BCUT2D eigenvalue weighted by atomic mass is 32.2. The van der Waals surface area contributed by atoms with Gasteiger partial charge in [-0.15, -0.1) is 0 Å². The number of methoxy groups -OCH3 is 1. The molecule has 0 heterocycles. The topological polar surface area (TPSA) is 55.4 Å². The number of sulfonamides is 1. The summed E-state index contributed by atoms with van der Waals surface area (Å²) < 4.78 is 30.9. The van der Waals surface area contributed by atoms with Crippen LogP contribution in [0.25, 0.3) is 0 Å². The third-order valence-corrected chi connectivity index (χ3v) is 5.63. The first kappa shape index (κ1) is 15.7. The van der Waals surface area contributed by atoms with E-state index >= 15 is 0 Å². The molecule has 1 aromatic carbocycles. The van der Waals surface area contributed by atoms with Crippen molar-refractivity contribution in [1.82, 2.24) is 0 Å². The van der Waals surface area contributed by atoms with Crippen molar-refractivity contribution in [2.45, 2.75) is 44.4 Å². The van der Waals surface area contributed by atoms with Gasteiger partial charge in [0.2, 0.25) is 10.0 Å². The smallest absolute Gasteiger partial charge is 0.229 e. The van der Waals surface area contributed by atoms with Gasteiger partial charge >= 0.3 is 0 Å². The van der Waals surface area contributed by atoms with E-state index in [4.69, 9.17) is 4.74 Å². The number of hydrogen-bond donors (Lipinski definition) is 1. The van der Waals surface area contributed by atoms with Crippen LogP contribution in [0, 0.1) is 11.8 Å². The number of nitrogens with one attached hydrogen (secondary N) is 1. The van der Waals surface area contributed by atoms with E-state index in [-0.39, 0.29) is 0 Å². The average Bonchev–Trinajstić information content (AvgIpc) is 3.27. The molecule has 0 amide bonds. The van der Waals surface area contributed by atoms with Gasteiger partial charge in [-0.1, -0.05) is 32.1 Å². The molecule has 2 atom stereocenters. The summed E-state index contributed by atoms with van der Waals surface area (Å²) in [7, 11) is -1.56. The van der Waals surface area contributed by atoms with Crippen LogP contribution in [-0.2, 0) is 10.0 Å². The molecule has 0 aromatic heterocycles. The van der Waals surface area contributed by atoms with E-state index in [9.17, 15) is 8.42 Å². The van der Waals surface area contributed by atoms with E-state index in [0.717, 1.165) is 23.1 Å². The highest BCUT2D eigenvalue weighted by molar-refractivity contribution is 7.92. The lowest BCUT2D eigenvalue weighted by Gasteiger charge is -2.22. The largest absolute Gasteiger partial charge is 0.496 e. The lowest BCUT2D eigenvalue weighted by molar-refractivity contribution is 0.317. The average molecular weight is 323 g/mol. The maximum Gasteiger partial charge on any atom is 0.229 e. The molecule has 2 saturated carbocycles. The molecule has 122 valence electrons. The monoisotopic (exact) mass is 323 g/mol. The van der Waals surface area contributed by atoms with Gasteiger partial charge in [0.15, 0.2) is 0 Å². The maximum absolute atomic E-state index is 11.4. The van der Waals surface area contributed by atoms with E-state index in [1.165, 1.54) is 44.8 Å². The quantitative estimate of drug-likeness (QED) is 0.898. The molecule has 4 nitrogen and oxygen atoms in total. The molecule has 0 radical (unpaired) electrons. The van der Waals surface area contributed by atoms with Crippen molar-refractivity contribution in [2.24, 2.45) is 11.8 Å². The number of rotatable bonds is 5. The molecule has 2 fully saturated rings. The van der Waals surface area contributed by atoms with Crippen LogP contribution in [0.15, 0.2) is 18.2 Å². The molecule has 1 aromatic rings. The highest BCUT2D eigenvalue weighted by Crippen LogP contribution is 2.57. The van der Waals surface area contributed by atoms with E-state index in [2.05, 4.69) is 4.72 Å². The number of hydrogen-bond acceptors (Lipinski definition) is 3. The van der Waals surface area contributed by atoms with Gasteiger partial charge in [-0.05, 0) is 47.9 Å². The van der Waals surface area contributed by atoms with Gasteiger partial charge in [-0.3, -0.25) is 4.72 Å². The summed E-state index contributed by atoms with van der Waals surface area (Å²) in [5.74, 6) is 3.00. The zero-order valence-corrected chi connectivity index (χ0v) is 14.2. The summed E-state index contributed by atoms with van der Waals surface area (Å²) in [5, 5.41) is 0. The Balaban J connectivity index is 1.78. The summed E-state index contributed by atoms with van der Waals surface area (Å²) in [5.41, 5.74) is 1.79. The van der Waals surface area contributed by atoms with Gasteiger partial charge in [-0.25, -0.2) is 8.42 Å². The summed E-state index contributed by atoms with van der Waals surface area (Å²) in [6.07, 6.45) is 9.20. The first-order valence-corrected chi connectivity index (χ1v) is 10.0. The van der Waals surface area contributed by atoms with E-state index in [1.807, 2.05) is 12.1 Å². The molecule has 2 aliphatic rings. The van der Waals surface area contributed by atoms with Crippen LogP contribution in [0.2, 0.25) is 0 Å². The van der Waals surface area contributed by atoms with Gasteiger partial charge in [0.05, 0.1) is 13.4 Å². The first-order valence-electron chi connectivity index (χ1n) is 8.13. The molecule has 22 heavy (non-hydrogen) atoms. The van der Waals surface area contributed by atoms with Crippen molar-refractivity contribution in [3.63, 3.8) is 0 Å². The Morgan fingerprint density at radius 2 is 1.91 bits per heavy atom. The number of ether oxygens (including phenoxy) is 1. The van der Waals surface area contributed by atoms with Gasteiger partial charge in [0.25, 0.3) is 0 Å². The molecular weight excluding hydrogens is 298 g/mol. The van der Waals surface area contributed by atoms with Crippen molar-refractivity contribution in [3.05, 3.63) is 23.8 Å². The van der Waals surface area contributed by atoms with Crippen LogP contribution in [0.1, 0.15) is 50.0 Å². The van der Waals surface area contributed by atoms with Crippen LogP contribution in [0.5, 0.6) is 5.75 Å². The van der Waals surface area contributed by atoms with Crippen LogP contribution in [0.4, 0.5) is 5.69 Å². The molecule has 2 aliphatic carbocycles. The van der Waals surface area contributed by atoms with Crippen molar-refractivity contribution in [2.75, 3.05) is 18.1 Å². The van der Waals surface area contributed by atoms with Crippen molar-refractivity contribution in [1.29, 1.82) is 0 Å². The van der Waals surface area contributed by atoms with Crippen LogP contribution in [-0.4, -0.2) is 21.8 Å². The standard InChI is InChI=1S/C17H25NO3S/c1-21-17-9-8-13(18-22(2,19)20)10-16(17)15-11-14(15)12-6-4-3-5-7-12/h8-10,12,14-15,18H,3-7,11H2,1-2H3/t14-,15+/m0/s1. The second-order valence-electron chi connectivity index (χ2n) is 6.74. The Labute approximate surface area is 133 Å². The fourth-order valence-electron chi connectivity index (χ4n) is 3.96. The Kier molecular flexibility index (Phi) is 4.35. The van der Waals surface area contributed by atoms with Gasteiger partial charge in [-0.2, -0.15) is 0 Å². The first-order chi connectivity index (χ1) is 10.5. The lowest BCUT2D eigenvalue weighted by atomic mass is 9.84. The predicted molar refractivity (Wildman–Crippen MR) is 88.9 cm³/mol. The van der Waals surface area contributed by atoms with Gasteiger partial charge < -0.3 is 4.74 Å². The van der Waals surface area contributed by atoms with Gasteiger partial charge in [0, 0.05) is 5.69 Å². The minimum atomic E-state index is -3.24. The third-order valence-electron chi connectivity index (χ3n) is 5.03. The van der Waals surface area contributed by atoms with Crippen molar-refractivity contribution >= 4 is 15.7 Å². The normalized spacial score (nSPS) is 25.7. The molecular formula is C17H25NO3S. The molecule has 0 saturated heterocycles. The molecule has 0 unspecified atom stereocenters. The minimum absolute atomic E-state index is 0.527. The zero-order chi connectivity index (χ0) is 15.7. The van der Waals surface area contributed by atoms with Crippen LogP contribution >= 0.6 is 0 Å². The van der Waals surface area contributed by atoms with Crippen LogP contribution in [0.3, 0.4) is 0 Å². The molecule has 1 N–H and O–H groups in total. The molecule has 3 rings (SSSR count). The van der Waals surface area contributed by atoms with Gasteiger partial charge in [0.1, 0.15) is 5.75 Å². The third kappa shape index (κ3) is 3.57. The Morgan fingerprint density at radius 3 is 2.55 bits per heavy atom. The van der Waals surface area contributed by atoms with E-state index in [1.54, 1.807) is 13.2 Å². The summed E-state index contributed by atoms with van der Waals surface area (Å²) in [4.78, 5) is 0. The fraction of sp³-hybridized carbons (Fsp3) is 0.647. The second kappa shape index (κ2) is 6.11. The molecule has 0 spiro atoms. The van der Waals surface area contributed by atoms with Crippen molar-refractivity contribution < 1.29 is 13.2 Å². The van der Waals surface area contributed by atoms with E-state index in [0.29, 0.717) is 11.6 Å². The molecule has 0 aliphatic heterocycles. The van der Waals surface area contributed by atoms with E-state index < -0.39 is 10.0 Å². The minimum Gasteiger partial charge on any atom is -0.496 e. The van der Waals surface area contributed by atoms with Crippen molar-refractivity contribution in [3.8, 4) is 5.75 Å². The fourth-order valence-corrected chi connectivity index (χ4v) is 4.51. The number of benzene rings is 1. The number of anilines is 1. The van der Waals surface area contributed by atoms with Crippen LogP contribution < -0.4 is 9.46 Å². The summed E-state index contributed by atoms with van der Waals surface area (Å²) >= 11 is 0. The predicted octanol–water partition coefficient (Wildman–Crippen LogP) is 3.75. The molecule has 0 bridgehead atoms. The Hall–Kier alpha value is -1.23. The molecule has 5 heteroatoms. The summed E-state index contributed by atoms with van der Waals surface area (Å²) in [6.45, 7) is 0. The highest BCUT2D eigenvalue weighted by Gasteiger charge is 2.45. The Morgan fingerprint density at radius 1 is 1.18 bits per heavy atom. The second-order valence-corrected chi connectivity index (χ2v) is 8.48. The SMILES string of the molecule is COc1ccc(NS(C)(=O)=O)cc1[C@@H]1C[C@H]1C1CCCCC1. The maximum atomic E-state index is 11.4. The Bertz CT molecular complexity index is 635.